The van der Waals surface area contributed by atoms with Gasteiger partial charge < -0.3 is 24.8 Å². The number of nitrogens with zero attached hydrogens (tertiary/aromatic N) is 3. The zero-order valence-electron chi connectivity index (χ0n) is 26.2. The van der Waals surface area contributed by atoms with Crippen LogP contribution >= 0.6 is 0 Å². The van der Waals surface area contributed by atoms with E-state index in [-0.39, 0.29) is 5.91 Å². The van der Waals surface area contributed by atoms with Crippen LogP contribution in [0.5, 0.6) is 5.75 Å². The fourth-order valence-corrected chi connectivity index (χ4v) is 6.34. The average Bonchev–Trinajstić information content (AvgIpc) is 3.56. The van der Waals surface area contributed by atoms with Crippen molar-refractivity contribution < 1.29 is 9.53 Å². The fourth-order valence-electron chi connectivity index (χ4n) is 6.34. The van der Waals surface area contributed by atoms with Crippen LogP contribution in [0.15, 0.2) is 73.2 Å². The number of H-pyrrole nitrogens is 1. The van der Waals surface area contributed by atoms with Crippen molar-refractivity contribution in [3.63, 3.8) is 0 Å². The second-order valence-corrected chi connectivity index (χ2v) is 11.9. The van der Waals surface area contributed by atoms with Crippen LogP contribution < -0.4 is 15.0 Å². The molecule has 4 aromatic rings. The van der Waals surface area contributed by atoms with Crippen molar-refractivity contribution in [1.82, 2.24) is 20.2 Å². The summed E-state index contributed by atoms with van der Waals surface area (Å²) in [7, 11) is 1.71. The normalized spacial score (nSPS) is 14.8. The van der Waals surface area contributed by atoms with Crippen LogP contribution in [0, 0.1) is 20.8 Å². The molecule has 1 fully saturated rings. The van der Waals surface area contributed by atoms with Gasteiger partial charge in [-0.2, -0.15) is 0 Å². The maximum atomic E-state index is 13.2. The van der Waals surface area contributed by atoms with E-state index in [1.54, 1.807) is 7.11 Å². The van der Waals surface area contributed by atoms with E-state index in [1.807, 2.05) is 50.6 Å². The van der Waals surface area contributed by atoms with Crippen LogP contribution in [-0.4, -0.2) is 59.6 Å². The summed E-state index contributed by atoms with van der Waals surface area (Å²) in [4.78, 5) is 25.9. The summed E-state index contributed by atoms with van der Waals surface area (Å²) in [6, 6.07) is 19.6. The van der Waals surface area contributed by atoms with E-state index in [9.17, 15) is 4.79 Å². The molecule has 0 saturated carbocycles. The molecule has 1 atom stereocenters. The van der Waals surface area contributed by atoms with Crippen LogP contribution in [0.25, 0.3) is 11.3 Å². The Balaban J connectivity index is 1.16. The molecule has 2 aromatic heterocycles. The lowest BCUT2D eigenvalue weighted by atomic mass is 9.97. The van der Waals surface area contributed by atoms with Crippen molar-refractivity contribution in [3.8, 4) is 17.0 Å². The van der Waals surface area contributed by atoms with Crippen molar-refractivity contribution in [2.75, 3.05) is 31.6 Å². The number of aromatic nitrogens is 2. The number of rotatable bonds is 11. The predicted molar refractivity (Wildman–Crippen MR) is 175 cm³/mol. The van der Waals surface area contributed by atoms with Gasteiger partial charge >= 0.3 is 0 Å². The number of carbonyl (C=O) groups is 1. The first kappa shape index (κ1) is 30.4. The molecule has 1 aliphatic heterocycles. The Hall–Kier alpha value is -4.10. The topological polar surface area (TPSA) is 73.5 Å². The number of carbonyl (C=O) groups excluding carboxylic acids is 1. The summed E-state index contributed by atoms with van der Waals surface area (Å²) in [6.07, 6.45) is 8.88. The molecule has 0 radical (unpaired) electrons. The van der Waals surface area contributed by atoms with Gasteiger partial charge in [-0.25, -0.2) is 0 Å². The number of aryl methyl sites for hydroxylation is 3. The number of methoxy groups -OCH3 is 1. The third kappa shape index (κ3) is 7.28. The summed E-state index contributed by atoms with van der Waals surface area (Å²) < 4.78 is 5.41. The minimum absolute atomic E-state index is 0.0137. The average molecular weight is 580 g/mol. The highest BCUT2D eigenvalue weighted by atomic mass is 16.5. The van der Waals surface area contributed by atoms with Gasteiger partial charge in [-0.15, -0.1) is 0 Å². The Kier molecular flexibility index (Phi) is 9.82. The van der Waals surface area contributed by atoms with Gasteiger partial charge in [0.2, 0.25) is 0 Å². The lowest BCUT2D eigenvalue weighted by Crippen LogP contribution is -2.48. The van der Waals surface area contributed by atoms with Gasteiger partial charge in [-0.3, -0.25) is 9.78 Å². The number of piperidine rings is 1. The number of hydrogen-bond donors (Lipinski definition) is 2. The van der Waals surface area contributed by atoms with Crippen LogP contribution in [0.2, 0.25) is 0 Å². The molecule has 5 rings (SSSR count). The van der Waals surface area contributed by atoms with Crippen molar-refractivity contribution in [2.45, 2.75) is 65.6 Å². The quantitative estimate of drug-likeness (QED) is 0.207. The molecule has 226 valence electrons. The summed E-state index contributed by atoms with van der Waals surface area (Å²) in [5, 5.41) is 3.20. The molecule has 7 nitrogen and oxygen atoms in total. The summed E-state index contributed by atoms with van der Waals surface area (Å²) in [6.45, 7) is 12.1. The van der Waals surface area contributed by atoms with Gasteiger partial charge in [-0.1, -0.05) is 0 Å². The number of ether oxygens (including phenoxy) is 1. The van der Waals surface area contributed by atoms with Crippen molar-refractivity contribution in [3.05, 3.63) is 101 Å². The van der Waals surface area contributed by atoms with Crippen LogP contribution in [0.3, 0.4) is 0 Å². The third-order valence-electron chi connectivity index (χ3n) is 8.97. The third-order valence-corrected chi connectivity index (χ3v) is 8.97. The molecule has 2 N–H and O–H groups in total. The molecule has 43 heavy (non-hydrogen) atoms. The largest absolute Gasteiger partial charge is 0.497 e. The number of hydrogen-bond acceptors (Lipinski definition) is 5. The molecular weight excluding hydrogens is 534 g/mol. The smallest absolute Gasteiger partial charge is 0.251 e. The summed E-state index contributed by atoms with van der Waals surface area (Å²) >= 11 is 0. The molecule has 0 bridgehead atoms. The van der Waals surface area contributed by atoms with Crippen LogP contribution in [0.1, 0.15) is 58.8 Å². The second-order valence-electron chi connectivity index (χ2n) is 11.9. The molecule has 7 heteroatoms. The number of benzene rings is 2. The fraction of sp³-hybridized carbons (Fsp3) is 0.389. The molecule has 0 aliphatic carbocycles. The minimum atomic E-state index is 0.0137. The Labute approximate surface area is 256 Å². The molecule has 1 saturated heterocycles. The van der Waals surface area contributed by atoms with E-state index in [2.05, 4.69) is 75.3 Å². The van der Waals surface area contributed by atoms with E-state index >= 15 is 0 Å². The monoisotopic (exact) mass is 579 g/mol. The van der Waals surface area contributed by atoms with Gasteiger partial charge in [0, 0.05) is 73.8 Å². The second kappa shape index (κ2) is 13.9. The van der Waals surface area contributed by atoms with Crippen molar-refractivity contribution in [2.24, 2.45) is 0 Å². The first-order valence-corrected chi connectivity index (χ1v) is 15.4. The van der Waals surface area contributed by atoms with Gasteiger partial charge in [-0.05, 0) is 129 Å². The summed E-state index contributed by atoms with van der Waals surface area (Å²) in [5.41, 5.74) is 8.69. The van der Waals surface area contributed by atoms with Gasteiger partial charge in [0.1, 0.15) is 5.75 Å². The standard InChI is InChI=1S/C36H45N5O2/c1-25-12-17-37-23-30(25)24-41(31-8-10-33(43-5)11-9-31)32-14-19-40(20-15-32)28(4)13-18-39-36(42)35-26(2)21-29(22-27(35)3)34-7-6-16-38-34/h6-12,16-17,21-23,28,32,38H,13-15,18-20,24H2,1-5H3,(H,39,42)/t28-/m1/s1. The van der Waals surface area contributed by atoms with E-state index < -0.39 is 0 Å². The Morgan fingerprint density at radius 1 is 1.07 bits per heavy atom. The van der Waals surface area contributed by atoms with Crippen LogP contribution in [-0.2, 0) is 6.54 Å². The van der Waals surface area contributed by atoms with Crippen molar-refractivity contribution >= 4 is 11.6 Å². The highest BCUT2D eigenvalue weighted by Gasteiger charge is 2.28. The number of amides is 1. The molecule has 3 heterocycles. The highest BCUT2D eigenvalue weighted by Crippen LogP contribution is 2.29. The number of anilines is 1. The molecular formula is C36H45N5O2. The zero-order valence-corrected chi connectivity index (χ0v) is 26.2. The van der Waals surface area contributed by atoms with Gasteiger partial charge in [0.15, 0.2) is 0 Å². The molecule has 1 aliphatic rings. The number of nitrogens with one attached hydrogen (secondary N) is 2. The number of pyridine rings is 1. The Bertz CT molecular complexity index is 1470. The maximum Gasteiger partial charge on any atom is 0.251 e. The number of likely N-dealkylation sites (tertiary alicyclic amines) is 1. The van der Waals surface area contributed by atoms with E-state index in [4.69, 9.17) is 4.74 Å². The lowest BCUT2D eigenvalue weighted by Gasteiger charge is -2.42. The minimum Gasteiger partial charge on any atom is -0.497 e. The molecule has 0 spiro atoms. The highest BCUT2D eigenvalue weighted by molar-refractivity contribution is 5.97. The molecule has 1 amide bonds. The van der Waals surface area contributed by atoms with Gasteiger partial charge in [0.05, 0.1) is 7.11 Å². The first-order chi connectivity index (χ1) is 20.8. The number of aromatic amines is 1. The first-order valence-electron chi connectivity index (χ1n) is 15.4. The maximum absolute atomic E-state index is 13.2. The molecule has 2 aromatic carbocycles. The van der Waals surface area contributed by atoms with Crippen molar-refractivity contribution in [1.29, 1.82) is 0 Å². The predicted octanol–water partition coefficient (Wildman–Crippen LogP) is 6.69. The van der Waals surface area contributed by atoms with E-state index in [0.29, 0.717) is 18.6 Å². The Morgan fingerprint density at radius 2 is 1.79 bits per heavy atom. The van der Waals surface area contributed by atoms with E-state index in [0.717, 1.165) is 72.6 Å². The Morgan fingerprint density at radius 3 is 2.42 bits per heavy atom. The van der Waals surface area contributed by atoms with Gasteiger partial charge in [0.25, 0.3) is 5.91 Å². The van der Waals surface area contributed by atoms with E-state index in [1.165, 1.54) is 16.8 Å². The van der Waals surface area contributed by atoms with Crippen LogP contribution in [0.4, 0.5) is 5.69 Å². The lowest BCUT2D eigenvalue weighted by molar-refractivity contribution is 0.0944. The molecule has 0 unspecified atom stereocenters. The summed E-state index contributed by atoms with van der Waals surface area (Å²) in [5.74, 6) is 0.885. The SMILES string of the molecule is COc1ccc(N(Cc2cnccc2C)C2CCN([C@H](C)CCNC(=O)c3c(C)cc(-c4ccc[nH]4)cc3C)CC2)cc1. The zero-order chi connectivity index (χ0) is 30.3.